The summed E-state index contributed by atoms with van der Waals surface area (Å²) in [7, 11) is 0. The Morgan fingerprint density at radius 3 is 2.52 bits per heavy atom. The zero-order chi connectivity index (χ0) is 15.7. The van der Waals surface area contributed by atoms with Crippen LogP contribution in [0.5, 0.6) is 0 Å². The number of halogens is 4. The summed E-state index contributed by atoms with van der Waals surface area (Å²) in [6.45, 7) is 2.41. The molecular formula is C14H19F4N3. The van der Waals surface area contributed by atoms with E-state index >= 15 is 0 Å². The lowest BCUT2D eigenvalue weighted by Gasteiger charge is -2.12. The van der Waals surface area contributed by atoms with Gasteiger partial charge < -0.3 is 10.6 Å². The fraction of sp³-hybridized carbons (Fsp3) is 0.500. The van der Waals surface area contributed by atoms with Crippen molar-refractivity contribution in [3.8, 4) is 0 Å². The van der Waals surface area contributed by atoms with Gasteiger partial charge in [-0.15, -0.1) is 0 Å². The number of benzene rings is 1. The first kappa shape index (κ1) is 17.3. The quantitative estimate of drug-likeness (QED) is 0.482. The van der Waals surface area contributed by atoms with Gasteiger partial charge in [-0.25, -0.2) is 4.39 Å². The molecule has 0 bridgehead atoms. The molecule has 0 amide bonds. The second-order valence-electron chi connectivity index (χ2n) is 4.39. The highest BCUT2D eigenvalue weighted by atomic mass is 19.4. The molecule has 0 unspecified atom stereocenters. The Hall–Kier alpha value is -1.79. The topological polar surface area (TPSA) is 36.4 Å². The monoisotopic (exact) mass is 305 g/mol. The van der Waals surface area contributed by atoms with Crippen molar-refractivity contribution in [3.05, 3.63) is 35.6 Å². The van der Waals surface area contributed by atoms with Gasteiger partial charge in [-0.1, -0.05) is 18.2 Å². The van der Waals surface area contributed by atoms with Crippen LogP contribution in [-0.4, -0.2) is 31.8 Å². The minimum Gasteiger partial charge on any atom is -0.357 e. The minimum absolute atomic E-state index is 0.293. The maximum absolute atomic E-state index is 13.4. The summed E-state index contributed by atoms with van der Waals surface area (Å²) in [5.74, 6) is 0.0106. The van der Waals surface area contributed by atoms with Gasteiger partial charge in [0.25, 0.3) is 0 Å². The average Bonchev–Trinajstić information content (AvgIpc) is 2.39. The number of aliphatic imine (C=N–C) groups is 1. The van der Waals surface area contributed by atoms with Gasteiger partial charge in [-0.2, -0.15) is 13.2 Å². The lowest BCUT2D eigenvalue weighted by Crippen LogP contribution is -2.38. The molecule has 3 nitrogen and oxygen atoms in total. The second kappa shape index (κ2) is 8.49. The van der Waals surface area contributed by atoms with Gasteiger partial charge in [0.15, 0.2) is 5.96 Å². The van der Waals surface area contributed by atoms with Gasteiger partial charge in [-0.3, -0.25) is 4.99 Å². The first-order valence-corrected chi connectivity index (χ1v) is 6.74. The van der Waals surface area contributed by atoms with Gasteiger partial charge in [-0.05, 0) is 25.0 Å². The second-order valence-corrected chi connectivity index (χ2v) is 4.39. The van der Waals surface area contributed by atoms with Crippen molar-refractivity contribution in [3.63, 3.8) is 0 Å². The summed E-state index contributed by atoms with van der Waals surface area (Å²) in [4.78, 5) is 3.83. The predicted molar refractivity (Wildman–Crippen MR) is 74.8 cm³/mol. The third-order valence-electron chi connectivity index (χ3n) is 2.65. The molecule has 0 atom stereocenters. The molecule has 1 aromatic rings. The molecule has 0 saturated carbocycles. The van der Waals surface area contributed by atoms with Crippen LogP contribution in [0.2, 0.25) is 0 Å². The zero-order valence-electron chi connectivity index (χ0n) is 11.8. The molecule has 2 N–H and O–H groups in total. The molecule has 0 aliphatic heterocycles. The number of nitrogens with one attached hydrogen (secondary N) is 2. The van der Waals surface area contributed by atoms with E-state index in [2.05, 4.69) is 15.6 Å². The molecule has 118 valence electrons. The van der Waals surface area contributed by atoms with Crippen molar-refractivity contribution in [2.24, 2.45) is 4.99 Å². The number of rotatable bonds is 6. The zero-order valence-corrected chi connectivity index (χ0v) is 11.8. The maximum atomic E-state index is 13.4. The highest BCUT2D eigenvalue weighted by Crippen LogP contribution is 2.18. The fourth-order valence-electron chi connectivity index (χ4n) is 1.65. The molecule has 7 heteroatoms. The highest BCUT2D eigenvalue weighted by molar-refractivity contribution is 5.79. The standard InChI is InChI=1S/C14H19F4N3/c1-2-19-13(21-10-8-14(16,17)18)20-9-7-11-5-3-4-6-12(11)15/h3-6H,2,7-10H2,1H3,(H2,19,20,21). The van der Waals surface area contributed by atoms with E-state index in [0.29, 0.717) is 31.0 Å². The summed E-state index contributed by atoms with van der Waals surface area (Å²) in [5, 5.41) is 5.74. The van der Waals surface area contributed by atoms with Gasteiger partial charge in [0.2, 0.25) is 0 Å². The molecular weight excluding hydrogens is 286 g/mol. The van der Waals surface area contributed by atoms with E-state index < -0.39 is 12.6 Å². The Kier molecular flexibility index (Phi) is 6.98. The van der Waals surface area contributed by atoms with Crippen LogP contribution in [0.25, 0.3) is 0 Å². The van der Waals surface area contributed by atoms with Crippen LogP contribution in [0.15, 0.2) is 29.3 Å². The van der Waals surface area contributed by atoms with E-state index in [1.165, 1.54) is 6.07 Å². The Morgan fingerprint density at radius 2 is 1.90 bits per heavy atom. The number of nitrogens with zero attached hydrogens (tertiary/aromatic N) is 1. The Labute approximate surface area is 121 Å². The largest absolute Gasteiger partial charge is 0.390 e. The van der Waals surface area contributed by atoms with Crippen molar-refractivity contribution < 1.29 is 17.6 Å². The van der Waals surface area contributed by atoms with Gasteiger partial charge in [0, 0.05) is 13.1 Å². The summed E-state index contributed by atoms with van der Waals surface area (Å²) >= 11 is 0. The van der Waals surface area contributed by atoms with Gasteiger partial charge in [0.1, 0.15) is 5.82 Å². The lowest BCUT2D eigenvalue weighted by molar-refractivity contribution is -0.132. The van der Waals surface area contributed by atoms with E-state index in [4.69, 9.17) is 0 Å². The Balaban J connectivity index is 2.44. The van der Waals surface area contributed by atoms with Crippen molar-refractivity contribution in [2.45, 2.75) is 25.9 Å². The van der Waals surface area contributed by atoms with Crippen LogP contribution in [-0.2, 0) is 6.42 Å². The molecule has 0 aromatic heterocycles. The first-order chi connectivity index (χ1) is 9.92. The predicted octanol–water partition coefficient (Wildman–Crippen LogP) is 2.88. The Morgan fingerprint density at radius 1 is 1.19 bits per heavy atom. The van der Waals surface area contributed by atoms with Crippen LogP contribution >= 0.6 is 0 Å². The number of hydrogen-bond donors (Lipinski definition) is 2. The van der Waals surface area contributed by atoms with Gasteiger partial charge in [0.05, 0.1) is 13.0 Å². The fourth-order valence-corrected chi connectivity index (χ4v) is 1.65. The average molecular weight is 305 g/mol. The van der Waals surface area contributed by atoms with E-state index in [9.17, 15) is 17.6 Å². The molecule has 21 heavy (non-hydrogen) atoms. The van der Waals surface area contributed by atoms with Crippen LogP contribution < -0.4 is 10.6 Å². The number of guanidine groups is 1. The number of hydrogen-bond acceptors (Lipinski definition) is 1. The summed E-state index contributed by atoms with van der Waals surface area (Å²) in [6, 6.07) is 6.39. The summed E-state index contributed by atoms with van der Waals surface area (Å²) < 4.78 is 49.6. The van der Waals surface area contributed by atoms with Crippen molar-refractivity contribution >= 4 is 5.96 Å². The molecule has 0 saturated heterocycles. The smallest absolute Gasteiger partial charge is 0.357 e. The SMILES string of the molecule is CCNC(=NCCC(F)(F)F)NCCc1ccccc1F. The van der Waals surface area contributed by atoms with E-state index in [-0.39, 0.29) is 12.4 Å². The Bertz CT molecular complexity index is 458. The van der Waals surface area contributed by atoms with Crippen LogP contribution in [0, 0.1) is 5.82 Å². The molecule has 0 fully saturated rings. The van der Waals surface area contributed by atoms with E-state index in [0.717, 1.165) is 0 Å². The van der Waals surface area contributed by atoms with Gasteiger partial charge >= 0.3 is 6.18 Å². The molecule has 1 aromatic carbocycles. The minimum atomic E-state index is -4.21. The van der Waals surface area contributed by atoms with E-state index in [1.54, 1.807) is 18.2 Å². The van der Waals surface area contributed by atoms with Crippen molar-refractivity contribution in [2.75, 3.05) is 19.6 Å². The van der Waals surface area contributed by atoms with E-state index in [1.807, 2.05) is 6.92 Å². The van der Waals surface area contributed by atoms with Crippen LogP contribution in [0.1, 0.15) is 18.9 Å². The normalized spacial score (nSPS) is 12.3. The maximum Gasteiger partial charge on any atom is 0.390 e. The van der Waals surface area contributed by atoms with Crippen molar-refractivity contribution in [1.82, 2.24) is 10.6 Å². The van der Waals surface area contributed by atoms with Crippen LogP contribution in [0.3, 0.4) is 0 Å². The summed E-state index contributed by atoms with van der Waals surface area (Å²) in [6.07, 6.45) is -4.75. The number of alkyl halides is 3. The molecule has 0 heterocycles. The molecule has 1 rings (SSSR count). The van der Waals surface area contributed by atoms with Crippen LogP contribution in [0.4, 0.5) is 17.6 Å². The third kappa shape index (κ3) is 7.53. The lowest BCUT2D eigenvalue weighted by atomic mass is 10.1. The molecule has 0 aliphatic rings. The van der Waals surface area contributed by atoms with Crippen molar-refractivity contribution in [1.29, 1.82) is 0 Å². The first-order valence-electron chi connectivity index (χ1n) is 6.74. The summed E-state index contributed by atoms with van der Waals surface area (Å²) in [5.41, 5.74) is 0.552. The third-order valence-corrected chi connectivity index (χ3v) is 2.65. The highest BCUT2D eigenvalue weighted by Gasteiger charge is 2.26. The molecule has 0 spiro atoms. The molecule has 0 radical (unpaired) electrons. The molecule has 0 aliphatic carbocycles.